The van der Waals surface area contributed by atoms with Gasteiger partial charge in [-0.05, 0) is 55.3 Å². The zero-order valence-corrected chi connectivity index (χ0v) is 18.2. The third-order valence-corrected chi connectivity index (χ3v) is 5.22. The number of pyridine rings is 1. The van der Waals surface area contributed by atoms with Gasteiger partial charge in [0.1, 0.15) is 23.9 Å². The molecule has 3 aromatic heterocycles. The zero-order chi connectivity index (χ0) is 22.3. The predicted molar refractivity (Wildman–Crippen MR) is 118 cm³/mol. The van der Waals surface area contributed by atoms with Gasteiger partial charge in [0, 0.05) is 18.9 Å². The Bertz CT molecular complexity index is 1120. The van der Waals surface area contributed by atoms with Gasteiger partial charge in [-0.15, -0.1) is 0 Å². The first-order chi connectivity index (χ1) is 15.6. The number of aryl methyl sites for hydroxylation is 2. The predicted octanol–water partition coefficient (Wildman–Crippen LogP) is 4.63. The van der Waals surface area contributed by atoms with Gasteiger partial charge < -0.3 is 18.6 Å². The maximum absolute atomic E-state index is 13.1. The third kappa shape index (κ3) is 5.43. The Morgan fingerprint density at radius 2 is 1.88 bits per heavy atom. The van der Waals surface area contributed by atoms with Crippen LogP contribution in [0.4, 0.5) is 0 Å². The second-order valence-electron chi connectivity index (χ2n) is 7.60. The first-order valence-electron chi connectivity index (χ1n) is 10.4. The number of benzene rings is 1. The average Bonchev–Trinajstić information content (AvgIpc) is 3.43. The molecule has 0 atom stereocenters. The molecule has 4 aromatic rings. The molecule has 0 aliphatic rings. The molecular formula is C25H25N3O4. The van der Waals surface area contributed by atoms with Gasteiger partial charge in [-0.1, -0.05) is 23.4 Å². The van der Waals surface area contributed by atoms with Crippen molar-refractivity contribution < 1.29 is 18.5 Å². The highest BCUT2D eigenvalue weighted by Gasteiger charge is 2.17. The second-order valence-corrected chi connectivity index (χ2v) is 7.60. The molecule has 7 heteroatoms. The van der Waals surface area contributed by atoms with Gasteiger partial charge in [-0.25, -0.2) is 0 Å². The number of furan rings is 1. The van der Waals surface area contributed by atoms with Crippen LogP contribution in [0.15, 0.2) is 76.1 Å². The quantitative estimate of drug-likeness (QED) is 0.384. The number of carbonyl (C=O) groups is 1. The highest BCUT2D eigenvalue weighted by Crippen LogP contribution is 2.19. The van der Waals surface area contributed by atoms with Crippen LogP contribution >= 0.6 is 0 Å². The van der Waals surface area contributed by atoms with E-state index >= 15 is 0 Å². The summed E-state index contributed by atoms with van der Waals surface area (Å²) in [6.07, 6.45) is 5.39. The number of rotatable bonds is 9. The first kappa shape index (κ1) is 21.4. The van der Waals surface area contributed by atoms with E-state index in [9.17, 15) is 4.79 Å². The molecule has 1 amide bonds. The minimum absolute atomic E-state index is 0.00893. The van der Waals surface area contributed by atoms with Gasteiger partial charge in [-0.3, -0.25) is 9.78 Å². The fraction of sp³-hybridized carbons (Fsp3) is 0.240. The van der Waals surface area contributed by atoms with E-state index in [0.717, 1.165) is 39.7 Å². The number of amides is 1. The maximum Gasteiger partial charge on any atom is 0.227 e. The minimum atomic E-state index is 0.00893. The van der Waals surface area contributed by atoms with Crippen LogP contribution in [0.1, 0.15) is 33.9 Å². The molecule has 0 N–H and O–H groups in total. The fourth-order valence-corrected chi connectivity index (χ4v) is 3.39. The lowest BCUT2D eigenvalue weighted by molar-refractivity contribution is -0.132. The molecule has 0 radical (unpaired) electrons. The second kappa shape index (κ2) is 9.96. The molecule has 3 heterocycles. The van der Waals surface area contributed by atoms with Crippen LogP contribution in [0.25, 0.3) is 0 Å². The Morgan fingerprint density at radius 1 is 1.03 bits per heavy atom. The summed E-state index contributed by atoms with van der Waals surface area (Å²) in [7, 11) is 0. The van der Waals surface area contributed by atoms with Gasteiger partial charge in [0.25, 0.3) is 0 Å². The lowest BCUT2D eigenvalue weighted by Crippen LogP contribution is -2.31. The van der Waals surface area contributed by atoms with Crippen molar-refractivity contribution in [3.63, 3.8) is 0 Å². The molecule has 0 saturated heterocycles. The summed E-state index contributed by atoms with van der Waals surface area (Å²) in [5, 5.41) is 3.94. The summed E-state index contributed by atoms with van der Waals surface area (Å²) in [6, 6.07) is 15.1. The number of aromatic nitrogens is 2. The topological polar surface area (TPSA) is 81.6 Å². The molecule has 0 aliphatic carbocycles. The van der Waals surface area contributed by atoms with Crippen LogP contribution in [0.3, 0.4) is 0 Å². The van der Waals surface area contributed by atoms with Gasteiger partial charge in [0.15, 0.2) is 0 Å². The summed E-state index contributed by atoms with van der Waals surface area (Å²) in [5.74, 6) is 2.24. The number of carbonyl (C=O) groups excluding carboxylic acids is 1. The summed E-state index contributed by atoms with van der Waals surface area (Å²) in [6.45, 7) is 5.02. The van der Waals surface area contributed by atoms with E-state index in [1.54, 1.807) is 23.6 Å². The van der Waals surface area contributed by atoms with Crippen LogP contribution in [-0.4, -0.2) is 20.9 Å². The van der Waals surface area contributed by atoms with E-state index in [1.165, 1.54) is 0 Å². The molecule has 32 heavy (non-hydrogen) atoms. The van der Waals surface area contributed by atoms with Crippen LogP contribution in [0.5, 0.6) is 5.75 Å². The zero-order valence-electron chi connectivity index (χ0n) is 18.2. The molecule has 0 bridgehead atoms. The molecule has 0 spiro atoms. The van der Waals surface area contributed by atoms with Crippen molar-refractivity contribution in [3.05, 3.63) is 101 Å². The summed E-state index contributed by atoms with van der Waals surface area (Å²) in [5.41, 5.74) is 3.66. The third-order valence-electron chi connectivity index (χ3n) is 5.22. The number of hydrogen-bond acceptors (Lipinski definition) is 6. The number of nitrogens with zero attached hydrogens (tertiary/aromatic N) is 3. The van der Waals surface area contributed by atoms with E-state index in [4.69, 9.17) is 13.7 Å². The van der Waals surface area contributed by atoms with E-state index in [0.29, 0.717) is 19.7 Å². The standard InChI is InChI=1S/C25H25N3O4/c1-18-24(19(2)32-27-18)17-31-22-9-7-20(8-10-22)13-25(29)28(16-23-6-4-12-30-23)15-21-5-3-11-26-14-21/h3-12,14H,13,15-17H2,1-2H3. The Balaban J connectivity index is 1.39. The lowest BCUT2D eigenvalue weighted by Gasteiger charge is -2.22. The van der Waals surface area contributed by atoms with Gasteiger partial charge in [0.05, 0.1) is 30.5 Å². The molecule has 0 fully saturated rings. The van der Waals surface area contributed by atoms with E-state index < -0.39 is 0 Å². The van der Waals surface area contributed by atoms with Gasteiger partial charge >= 0.3 is 0 Å². The van der Waals surface area contributed by atoms with Crippen LogP contribution in [0.2, 0.25) is 0 Å². The summed E-state index contributed by atoms with van der Waals surface area (Å²) >= 11 is 0. The Labute approximate surface area is 186 Å². The van der Waals surface area contributed by atoms with E-state index in [1.807, 2.05) is 62.4 Å². The molecule has 0 saturated carbocycles. The van der Waals surface area contributed by atoms with Crippen LogP contribution in [0, 0.1) is 13.8 Å². The highest BCUT2D eigenvalue weighted by molar-refractivity contribution is 5.78. The molecule has 0 aliphatic heterocycles. The SMILES string of the molecule is Cc1noc(C)c1COc1ccc(CC(=O)N(Cc2cccnc2)Cc2ccco2)cc1. The average molecular weight is 431 g/mol. The lowest BCUT2D eigenvalue weighted by atomic mass is 10.1. The van der Waals surface area contributed by atoms with Crippen LogP contribution < -0.4 is 4.74 Å². The molecule has 0 unspecified atom stereocenters. The van der Waals surface area contributed by atoms with Crippen molar-refractivity contribution in [2.75, 3.05) is 0 Å². The summed E-state index contributed by atoms with van der Waals surface area (Å²) in [4.78, 5) is 19.0. The molecule has 164 valence electrons. The number of hydrogen-bond donors (Lipinski definition) is 0. The minimum Gasteiger partial charge on any atom is -0.489 e. The Morgan fingerprint density at radius 3 is 2.53 bits per heavy atom. The normalized spacial score (nSPS) is 10.8. The van der Waals surface area contributed by atoms with Crippen molar-refractivity contribution in [1.82, 2.24) is 15.0 Å². The van der Waals surface area contributed by atoms with Gasteiger partial charge in [-0.2, -0.15) is 0 Å². The molecule has 4 rings (SSSR count). The fourth-order valence-electron chi connectivity index (χ4n) is 3.39. The first-order valence-corrected chi connectivity index (χ1v) is 10.4. The van der Waals surface area contributed by atoms with Crippen molar-refractivity contribution in [3.8, 4) is 5.75 Å². The monoisotopic (exact) mass is 431 g/mol. The van der Waals surface area contributed by atoms with Crippen molar-refractivity contribution in [2.45, 2.75) is 40.0 Å². The van der Waals surface area contributed by atoms with Crippen molar-refractivity contribution in [1.29, 1.82) is 0 Å². The summed E-state index contributed by atoms with van der Waals surface area (Å²) < 4.78 is 16.5. The van der Waals surface area contributed by atoms with Crippen LogP contribution in [-0.2, 0) is 30.9 Å². The molecular weight excluding hydrogens is 406 g/mol. The smallest absolute Gasteiger partial charge is 0.227 e. The van der Waals surface area contributed by atoms with Crippen molar-refractivity contribution >= 4 is 5.91 Å². The Kier molecular flexibility index (Phi) is 6.65. The van der Waals surface area contributed by atoms with Gasteiger partial charge in [0.2, 0.25) is 5.91 Å². The number of ether oxygens (including phenoxy) is 1. The van der Waals surface area contributed by atoms with E-state index in [2.05, 4.69) is 10.1 Å². The molecule has 7 nitrogen and oxygen atoms in total. The highest BCUT2D eigenvalue weighted by atomic mass is 16.5. The van der Waals surface area contributed by atoms with Crippen molar-refractivity contribution in [2.24, 2.45) is 0 Å². The Hall–Kier alpha value is -3.87. The van der Waals surface area contributed by atoms with E-state index in [-0.39, 0.29) is 12.3 Å². The maximum atomic E-state index is 13.1. The molecule has 1 aromatic carbocycles. The largest absolute Gasteiger partial charge is 0.489 e.